The van der Waals surface area contributed by atoms with Crippen LogP contribution in [0, 0.1) is 0 Å². The molecule has 1 heterocycles. The number of aromatic hydroxyl groups is 2. The zero-order valence-corrected chi connectivity index (χ0v) is 10.2. The molecule has 4 N–H and O–H groups in total. The molecule has 0 saturated carbocycles. The molecule has 0 fully saturated rings. The highest BCUT2D eigenvalue weighted by Gasteiger charge is 2.37. The van der Waals surface area contributed by atoms with Crippen LogP contribution in [0.2, 0.25) is 0 Å². The maximum Gasteiger partial charge on any atom is 0.266 e. The lowest BCUT2D eigenvalue weighted by Crippen LogP contribution is -2.29. The normalized spacial score (nSPS) is 13.7. The summed E-state index contributed by atoms with van der Waals surface area (Å²) >= 11 is 0. The average molecular weight is 270 g/mol. The van der Waals surface area contributed by atoms with Crippen molar-refractivity contribution in [1.82, 2.24) is 0 Å². The summed E-state index contributed by atoms with van der Waals surface area (Å²) in [6.07, 6.45) is 0. The first-order valence-corrected chi connectivity index (χ1v) is 5.79. The van der Waals surface area contributed by atoms with Crippen molar-refractivity contribution in [3.8, 4) is 11.5 Å². The molecule has 0 saturated heterocycles. The number of phenols is 2. The van der Waals surface area contributed by atoms with E-state index >= 15 is 0 Å². The molecule has 1 aliphatic heterocycles. The predicted octanol–water partition coefficient (Wildman–Crippen LogP) is 1.48. The topological polar surface area (TPSA) is 104 Å². The molecule has 100 valence electrons. The van der Waals surface area contributed by atoms with Gasteiger partial charge in [-0.3, -0.25) is 9.59 Å². The first kappa shape index (κ1) is 12.0. The molecule has 1 aliphatic rings. The number of nitrogens with zero attached hydrogens (tertiary/aromatic N) is 1. The highest BCUT2D eigenvalue weighted by Crippen LogP contribution is 2.33. The molecule has 2 amide bonds. The number of phenolic OH excluding ortho intramolecular Hbond substituents is 2. The van der Waals surface area contributed by atoms with Crippen LogP contribution in [0.15, 0.2) is 36.4 Å². The van der Waals surface area contributed by atoms with E-state index in [4.69, 9.17) is 5.73 Å². The van der Waals surface area contributed by atoms with Gasteiger partial charge in [0.1, 0.15) is 11.5 Å². The second-order valence-electron chi connectivity index (χ2n) is 4.42. The maximum atomic E-state index is 12.3. The number of nitrogens with two attached hydrogens (primary N) is 1. The molecule has 0 radical (unpaired) electrons. The minimum Gasteiger partial charge on any atom is -0.508 e. The summed E-state index contributed by atoms with van der Waals surface area (Å²) in [5, 5.41) is 18.8. The molecule has 0 spiro atoms. The summed E-state index contributed by atoms with van der Waals surface area (Å²) in [7, 11) is 0. The van der Waals surface area contributed by atoms with Crippen molar-refractivity contribution in [3.63, 3.8) is 0 Å². The summed E-state index contributed by atoms with van der Waals surface area (Å²) in [5.41, 5.74) is 6.18. The Kier molecular flexibility index (Phi) is 2.40. The van der Waals surface area contributed by atoms with Crippen LogP contribution in [0.25, 0.3) is 0 Å². The summed E-state index contributed by atoms with van der Waals surface area (Å²) in [6, 6.07) is 8.15. The number of rotatable bonds is 1. The van der Waals surface area contributed by atoms with Gasteiger partial charge in [-0.05, 0) is 36.4 Å². The van der Waals surface area contributed by atoms with E-state index in [1.165, 1.54) is 36.4 Å². The number of anilines is 2. The van der Waals surface area contributed by atoms with Gasteiger partial charge in [0.05, 0.1) is 22.5 Å². The van der Waals surface area contributed by atoms with Gasteiger partial charge in [-0.25, -0.2) is 4.90 Å². The van der Waals surface area contributed by atoms with E-state index in [1.54, 1.807) is 0 Å². The standard InChI is InChI=1S/C14H10N2O4/c15-11-5-9-10(6-12(11)18)14(20)16(13(9)19)7-1-3-8(17)4-2-7/h1-6,17-18H,15H2. The van der Waals surface area contributed by atoms with Gasteiger partial charge in [0.15, 0.2) is 0 Å². The van der Waals surface area contributed by atoms with Gasteiger partial charge in [0.25, 0.3) is 11.8 Å². The number of imide groups is 1. The minimum absolute atomic E-state index is 0.0345. The van der Waals surface area contributed by atoms with Crippen LogP contribution in [-0.4, -0.2) is 22.0 Å². The average Bonchev–Trinajstić information content (AvgIpc) is 2.65. The third kappa shape index (κ3) is 1.58. The lowest BCUT2D eigenvalue weighted by Gasteiger charge is -2.13. The lowest BCUT2D eigenvalue weighted by molar-refractivity contribution is 0.0926. The van der Waals surface area contributed by atoms with Crippen molar-refractivity contribution < 1.29 is 19.8 Å². The molecule has 6 nitrogen and oxygen atoms in total. The first-order chi connectivity index (χ1) is 9.49. The molecule has 2 aromatic carbocycles. The number of amides is 2. The summed E-state index contributed by atoms with van der Waals surface area (Å²) < 4.78 is 0. The van der Waals surface area contributed by atoms with Crippen molar-refractivity contribution in [2.75, 3.05) is 10.6 Å². The lowest BCUT2D eigenvalue weighted by atomic mass is 10.1. The number of carbonyl (C=O) groups is 2. The van der Waals surface area contributed by atoms with Gasteiger partial charge in [0, 0.05) is 0 Å². The Labute approximate surface area is 113 Å². The van der Waals surface area contributed by atoms with E-state index in [0.717, 1.165) is 4.90 Å². The molecule has 0 aromatic heterocycles. The first-order valence-electron chi connectivity index (χ1n) is 5.79. The number of carbonyl (C=O) groups excluding carboxylic acids is 2. The zero-order valence-electron chi connectivity index (χ0n) is 10.2. The van der Waals surface area contributed by atoms with E-state index in [9.17, 15) is 19.8 Å². The number of hydrogen-bond donors (Lipinski definition) is 3. The smallest absolute Gasteiger partial charge is 0.266 e. The summed E-state index contributed by atoms with van der Waals surface area (Å²) in [6.45, 7) is 0. The van der Waals surface area contributed by atoms with Gasteiger partial charge in [-0.1, -0.05) is 0 Å². The number of hydrogen-bond acceptors (Lipinski definition) is 5. The molecule has 0 aliphatic carbocycles. The van der Waals surface area contributed by atoms with Gasteiger partial charge in [0.2, 0.25) is 0 Å². The Morgan fingerprint density at radius 1 is 0.900 bits per heavy atom. The molecule has 2 aromatic rings. The quantitative estimate of drug-likeness (QED) is 0.413. The van der Waals surface area contributed by atoms with Gasteiger partial charge in [-0.2, -0.15) is 0 Å². The fourth-order valence-corrected chi connectivity index (χ4v) is 2.13. The van der Waals surface area contributed by atoms with Crippen LogP contribution in [0.5, 0.6) is 11.5 Å². The van der Waals surface area contributed by atoms with E-state index in [-0.39, 0.29) is 28.3 Å². The van der Waals surface area contributed by atoms with E-state index in [1.807, 2.05) is 0 Å². The van der Waals surface area contributed by atoms with Crippen molar-refractivity contribution >= 4 is 23.2 Å². The van der Waals surface area contributed by atoms with E-state index < -0.39 is 11.8 Å². The maximum absolute atomic E-state index is 12.3. The molecule has 6 heteroatoms. The molecule has 20 heavy (non-hydrogen) atoms. The van der Waals surface area contributed by atoms with Crippen LogP contribution < -0.4 is 10.6 Å². The van der Waals surface area contributed by atoms with Crippen LogP contribution in [0.1, 0.15) is 20.7 Å². The Hall–Kier alpha value is -3.02. The Morgan fingerprint density at radius 3 is 2.05 bits per heavy atom. The summed E-state index contributed by atoms with van der Waals surface area (Å²) in [4.78, 5) is 25.5. The molecule has 3 rings (SSSR count). The molecular formula is C14H10N2O4. The number of nitrogen functional groups attached to an aromatic ring is 1. The molecule has 0 atom stereocenters. The van der Waals surface area contributed by atoms with E-state index in [0.29, 0.717) is 5.69 Å². The molecule has 0 bridgehead atoms. The van der Waals surface area contributed by atoms with Crippen LogP contribution >= 0.6 is 0 Å². The zero-order chi connectivity index (χ0) is 14.4. The number of fused-ring (bicyclic) bond motifs is 1. The van der Waals surface area contributed by atoms with Gasteiger partial charge in [-0.15, -0.1) is 0 Å². The highest BCUT2D eigenvalue weighted by atomic mass is 16.3. The third-order valence-corrected chi connectivity index (χ3v) is 3.14. The largest absolute Gasteiger partial charge is 0.508 e. The monoisotopic (exact) mass is 270 g/mol. The summed E-state index contributed by atoms with van der Waals surface area (Å²) in [5.74, 6) is -1.25. The predicted molar refractivity (Wildman–Crippen MR) is 71.8 cm³/mol. The molecular weight excluding hydrogens is 260 g/mol. The van der Waals surface area contributed by atoms with Crippen LogP contribution in [0.4, 0.5) is 11.4 Å². The second kappa shape index (κ2) is 3.99. The van der Waals surface area contributed by atoms with Crippen molar-refractivity contribution in [3.05, 3.63) is 47.5 Å². The molecule has 0 unspecified atom stereocenters. The van der Waals surface area contributed by atoms with Crippen LogP contribution in [-0.2, 0) is 0 Å². The fraction of sp³-hybridized carbons (Fsp3) is 0. The highest BCUT2D eigenvalue weighted by molar-refractivity contribution is 6.34. The minimum atomic E-state index is -0.536. The third-order valence-electron chi connectivity index (χ3n) is 3.14. The SMILES string of the molecule is Nc1cc2c(cc1O)C(=O)N(c1ccc(O)cc1)C2=O. The number of benzene rings is 2. The van der Waals surface area contributed by atoms with Crippen LogP contribution in [0.3, 0.4) is 0 Å². The Bertz CT molecular complexity index is 697. The van der Waals surface area contributed by atoms with E-state index in [2.05, 4.69) is 0 Å². The van der Waals surface area contributed by atoms with Crippen molar-refractivity contribution in [2.45, 2.75) is 0 Å². The Balaban J connectivity index is 2.12. The van der Waals surface area contributed by atoms with Gasteiger partial charge < -0.3 is 15.9 Å². The Morgan fingerprint density at radius 2 is 1.45 bits per heavy atom. The second-order valence-corrected chi connectivity index (χ2v) is 4.42. The fourth-order valence-electron chi connectivity index (χ4n) is 2.13. The van der Waals surface area contributed by atoms with Crippen molar-refractivity contribution in [1.29, 1.82) is 0 Å². The van der Waals surface area contributed by atoms with Crippen molar-refractivity contribution in [2.24, 2.45) is 0 Å². The van der Waals surface area contributed by atoms with Gasteiger partial charge >= 0.3 is 0 Å².